The van der Waals surface area contributed by atoms with Crippen LogP contribution in [0.2, 0.25) is 0 Å². The SMILES string of the molecule is COC(C)(CCO)CC1CO1. The molecule has 11 heavy (non-hydrogen) atoms. The van der Waals surface area contributed by atoms with Gasteiger partial charge in [-0.25, -0.2) is 0 Å². The molecule has 0 aromatic heterocycles. The molecule has 0 amide bonds. The van der Waals surface area contributed by atoms with Crippen LogP contribution in [0.25, 0.3) is 0 Å². The number of rotatable bonds is 5. The summed E-state index contributed by atoms with van der Waals surface area (Å²) in [4.78, 5) is 0. The third kappa shape index (κ3) is 2.77. The molecule has 1 aliphatic rings. The minimum Gasteiger partial charge on any atom is -0.396 e. The van der Waals surface area contributed by atoms with Gasteiger partial charge in [-0.1, -0.05) is 0 Å². The number of methoxy groups -OCH3 is 1. The van der Waals surface area contributed by atoms with E-state index >= 15 is 0 Å². The molecule has 1 saturated heterocycles. The van der Waals surface area contributed by atoms with Crippen LogP contribution >= 0.6 is 0 Å². The van der Waals surface area contributed by atoms with Gasteiger partial charge in [0.15, 0.2) is 0 Å². The Balaban J connectivity index is 2.29. The van der Waals surface area contributed by atoms with Crippen LogP contribution in [0, 0.1) is 0 Å². The monoisotopic (exact) mass is 160 g/mol. The Hall–Kier alpha value is -0.120. The zero-order valence-corrected chi connectivity index (χ0v) is 7.17. The van der Waals surface area contributed by atoms with Crippen molar-refractivity contribution in [2.45, 2.75) is 31.5 Å². The number of ether oxygens (including phenoxy) is 2. The lowest BCUT2D eigenvalue weighted by molar-refractivity contribution is -0.0240. The minimum absolute atomic E-state index is 0.178. The first kappa shape index (κ1) is 8.97. The average Bonchev–Trinajstić information content (AvgIpc) is 2.73. The van der Waals surface area contributed by atoms with E-state index in [9.17, 15) is 0 Å². The molecule has 0 bridgehead atoms. The van der Waals surface area contributed by atoms with Gasteiger partial charge in [-0.15, -0.1) is 0 Å². The van der Waals surface area contributed by atoms with Crippen LogP contribution in [-0.4, -0.2) is 37.1 Å². The average molecular weight is 160 g/mol. The van der Waals surface area contributed by atoms with E-state index < -0.39 is 0 Å². The molecule has 3 heteroatoms. The third-order valence-corrected chi connectivity index (χ3v) is 2.20. The van der Waals surface area contributed by atoms with E-state index in [4.69, 9.17) is 14.6 Å². The molecule has 0 saturated carbocycles. The van der Waals surface area contributed by atoms with Crippen molar-refractivity contribution in [3.63, 3.8) is 0 Å². The summed E-state index contributed by atoms with van der Waals surface area (Å²) in [6.07, 6.45) is 1.94. The van der Waals surface area contributed by atoms with Gasteiger partial charge in [-0.3, -0.25) is 0 Å². The standard InChI is InChI=1S/C8H16O3/c1-8(10-2,3-4-9)5-7-6-11-7/h7,9H,3-6H2,1-2H3. The van der Waals surface area contributed by atoms with Crippen LogP contribution in [0.15, 0.2) is 0 Å². The highest BCUT2D eigenvalue weighted by molar-refractivity contribution is 4.83. The first-order valence-corrected chi connectivity index (χ1v) is 3.98. The van der Waals surface area contributed by atoms with E-state index in [1.54, 1.807) is 7.11 Å². The molecule has 0 spiro atoms. The largest absolute Gasteiger partial charge is 0.396 e. The van der Waals surface area contributed by atoms with E-state index in [-0.39, 0.29) is 12.2 Å². The summed E-state index contributed by atoms with van der Waals surface area (Å²) in [6, 6.07) is 0. The lowest BCUT2D eigenvalue weighted by Crippen LogP contribution is -2.30. The van der Waals surface area contributed by atoms with Gasteiger partial charge in [0, 0.05) is 20.1 Å². The fraction of sp³-hybridized carbons (Fsp3) is 1.00. The van der Waals surface area contributed by atoms with E-state index in [1.165, 1.54) is 0 Å². The Morgan fingerprint density at radius 3 is 2.73 bits per heavy atom. The second-order valence-corrected chi connectivity index (χ2v) is 3.29. The first-order chi connectivity index (χ1) is 5.20. The number of hydrogen-bond acceptors (Lipinski definition) is 3. The van der Waals surface area contributed by atoms with Gasteiger partial charge in [0.1, 0.15) is 0 Å². The molecule has 0 aromatic carbocycles. The summed E-state index contributed by atoms with van der Waals surface area (Å²) in [5.74, 6) is 0. The number of aliphatic hydroxyl groups is 1. The zero-order chi connectivity index (χ0) is 8.32. The van der Waals surface area contributed by atoms with Gasteiger partial charge in [0.05, 0.1) is 18.3 Å². The minimum atomic E-state index is -0.198. The quantitative estimate of drug-likeness (QED) is 0.598. The van der Waals surface area contributed by atoms with Crippen molar-refractivity contribution in [2.75, 3.05) is 20.3 Å². The lowest BCUT2D eigenvalue weighted by Gasteiger charge is -2.26. The predicted molar refractivity (Wildman–Crippen MR) is 41.5 cm³/mol. The number of hydrogen-bond donors (Lipinski definition) is 1. The Kier molecular flexibility index (Phi) is 2.87. The highest BCUT2D eigenvalue weighted by atomic mass is 16.6. The van der Waals surface area contributed by atoms with Crippen molar-refractivity contribution < 1.29 is 14.6 Å². The first-order valence-electron chi connectivity index (χ1n) is 3.98. The fourth-order valence-electron chi connectivity index (χ4n) is 1.19. The summed E-state index contributed by atoms with van der Waals surface area (Å²) < 4.78 is 10.4. The highest BCUT2D eigenvalue weighted by Crippen LogP contribution is 2.27. The summed E-state index contributed by atoms with van der Waals surface area (Å²) in [5.41, 5.74) is -0.198. The van der Waals surface area contributed by atoms with Crippen molar-refractivity contribution in [3.8, 4) is 0 Å². The highest BCUT2D eigenvalue weighted by Gasteiger charge is 2.33. The molecule has 0 aliphatic carbocycles. The Morgan fingerprint density at radius 2 is 2.36 bits per heavy atom. The van der Waals surface area contributed by atoms with E-state index in [0.29, 0.717) is 12.5 Å². The second-order valence-electron chi connectivity index (χ2n) is 3.29. The van der Waals surface area contributed by atoms with Crippen LogP contribution in [0.1, 0.15) is 19.8 Å². The van der Waals surface area contributed by atoms with Crippen LogP contribution in [-0.2, 0) is 9.47 Å². The lowest BCUT2D eigenvalue weighted by atomic mass is 9.96. The molecule has 1 rings (SSSR count). The smallest absolute Gasteiger partial charge is 0.0837 e. The maximum atomic E-state index is 8.75. The van der Waals surface area contributed by atoms with Crippen molar-refractivity contribution in [1.29, 1.82) is 0 Å². The van der Waals surface area contributed by atoms with E-state index in [1.807, 2.05) is 6.92 Å². The normalized spacial score (nSPS) is 28.1. The summed E-state index contributed by atoms with van der Waals surface area (Å²) in [7, 11) is 1.68. The second kappa shape index (κ2) is 3.52. The third-order valence-electron chi connectivity index (χ3n) is 2.20. The maximum Gasteiger partial charge on any atom is 0.0837 e. The zero-order valence-electron chi connectivity index (χ0n) is 7.17. The van der Waals surface area contributed by atoms with Crippen molar-refractivity contribution in [2.24, 2.45) is 0 Å². The maximum absolute atomic E-state index is 8.75. The Morgan fingerprint density at radius 1 is 1.73 bits per heavy atom. The van der Waals surface area contributed by atoms with E-state index in [2.05, 4.69) is 0 Å². The summed E-state index contributed by atoms with van der Waals surface area (Å²) in [5, 5.41) is 8.75. The van der Waals surface area contributed by atoms with Gasteiger partial charge < -0.3 is 14.6 Å². The van der Waals surface area contributed by atoms with Crippen LogP contribution in [0.5, 0.6) is 0 Å². The van der Waals surface area contributed by atoms with Gasteiger partial charge in [0.2, 0.25) is 0 Å². The Bertz CT molecular complexity index is 123. The van der Waals surface area contributed by atoms with Crippen LogP contribution < -0.4 is 0 Å². The van der Waals surface area contributed by atoms with Crippen LogP contribution in [0.3, 0.4) is 0 Å². The van der Waals surface area contributed by atoms with Gasteiger partial charge in [-0.05, 0) is 13.3 Å². The molecule has 2 atom stereocenters. The van der Waals surface area contributed by atoms with E-state index in [0.717, 1.165) is 13.0 Å². The van der Waals surface area contributed by atoms with Crippen LogP contribution in [0.4, 0.5) is 0 Å². The molecule has 1 heterocycles. The van der Waals surface area contributed by atoms with Gasteiger partial charge in [0.25, 0.3) is 0 Å². The molecule has 0 aromatic rings. The fourth-order valence-corrected chi connectivity index (χ4v) is 1.19. The molecular weight excluding hydrogens is 144 g/mol. The molecule has 3 nitrogen and oxygen atoms in total. The Labute approximate surface area is 67.3 Å². The van der Waals surface area contributed by atoms with Crippen molar-refractivity contribution >= 4 is 0 Å². The topological polar surface area (TPSA) is 42.0 Å². The van der Waals surface area contributed by atoms with Crippen molar-refractivity contribution in [1.82, 2.24) is 0 Å². The number of epoxide rings is 1. The van der Waals surface area contributed by atoms with Gasteiger partial charge >= 0.3 is 0 Å². The summed E-state index contributed by atoms with van der Waals surface area (Å²) >= 11 is 0. The molecular formula is C8H16O3. The van der Waals surface area contributed by atoms with Gasteiger partial charge in [-0.2, -0.15) is 0 Å². The molecule has 1 N–H and O–H groups in total. The molecule has 0 radical (unpaired) electrons. The van der Waals surface area contributed by atoms with Crippen molar-refractivity contribution in [3.05, 3.63) is 0 Å². The number of aliphatic hydroxyl groups excluding tert-OH is 1. The molecule has 1 fully saturated rings. The summed E-state index contributed by atoms with van der Waals surface area (Å²) in [6.45, 7) is 3.03. The molecule has 2 unspecified atom stereocenters. The molecule has 1 aliphatic heterocycles. The predicted octanol–water partition coefficient (Wildman–Crippen LogP) is 0.563. The molecule has 66 valence electrons.